The molecule has 15 nitrogen and oxygen atoms in total. The molecule has 17 heteroatoms. The van der Waals surface area contributed by atoms with Gasteiger partial charge in [0.2, 0.25) is 5.78 Å². The molecule has 56 heavy (non-hydrogen) atoms. The summed E-state index contributed by atoms with van der Waals surface area (Å²) >= 11 is 0. The largest absolute Gasteiger partial charge is 0.507 e. The number of rotatable bonds is 11. The van der Waals surface area contributed by atoms with Gasteiger partial charge in [0, 0.05) is 73.6 Å². The second-order valence-corrected chi connectivity index (χ2v) is 17.1. The van der Waals surface area contributed by atoms with Crippen molar-refractivity contribution in [3.8, 4) is 17.2 Å². The highest BCUT2D eigenvalue weighted by molar-refractivity contribution is 8.76. The highest BCUT2D eigenvalue weighted by atomic mass is 33.1. The SMILES string of the molecule is COc1cccc2c1C(=O)c1c(O)c3c(c(O)c1C2=O)C[C@@](O)(C(=O)NCC(C)SSc1ccccn1)CC3O[C@H]1CC(N2CCO[C@H](OC)[C@H]2O)C[C@H](C)O1. The number of carbonyl (C=O) groups excluding carboxylic acids is 3. The first-order valence-electron chi connectivity index (χ1n) is 18.4. The molecule has 2 aliphatic heterocycles. The van der Waals surface area contributed by atoms with Crippen molar-refractivity contribution in [3.05, 3.63) is 76.0 Å². The molecule has 1 aromatic heterocycles. The summed E-state index contributed by atoms with van der Waals surface area (Å²) in [5, 5.41) is 50.6. The number of ether oxygens (including phenoxy) is 5. The number of ketones is 2. The monoisotopic (exact) mass is 811 g/mol. The summed E-state index contributed by atoms with van der Waals surface area (Å²) in [6, 6.07) is 9.79. The van der Waals surface area contributed by atoms with Crippen molar-refractivity contribution in [1.82, 2.24) is 15.2 Å². The standard InChI is InChI=1S/C39H45N3O12S2/c1-19-14-21(42-12-13-52-37(51-4)36(42)47)15-27(53-19)54-25-17-39(49,38(48)41-18-20(2)55-56-26-10-5-6-11-40-26)16-23-29(25)35(46)31-30(33(23)44)32(43)22-8-7-9-24(50-3)28(22)34(31)45/h5-11,19-21,25,27,36-37,44,46-47,49H,12-18H2,1-4H3,(H,41,48)/t19-,20?,21?,25?,27-,36+,37-,39-/m0/s1. The molecule has 3 unspecified atom stereocenters. The van der Waals surface area contributed by atoms with Crippen LogP contribution in [0.2, 0.25) is 0 Å². The number of phenolic OH excluding ortho intramolecular Hbond substituents is 2. The van der Waals surface area contributed by atoms with Gasteiger partial charge in [-0.05, 0) is 42.3 Å². The summed E-state index contributed by atoms with van der Waals surface area (Å²) in [5.41, 5.74) is -3.31. The molecule has 4 aliphatic rings. The molecule has 7 rings (SSSR count). The highest BCUT2D eigenvalue weighted by Gasteiger charge is 2.51. The predicted molar refractivity (Wildman–Crippen MR) is 204 cm³/mol. The Morgan fingerprint density at radius 1 is 1.09 bits per heavy atom. The zero-order valence-corrected chi connectivity index (χ0v) is 32.9. The zero-order chi connectivity index (χ0) is 39.9. The lowest BCUT2D eigenvalue weighted by Crippen LogP contribution is -2.58. The number of phenols is 2. The van der Waals surface area contributed by atoms with Gasteiger partial charge in [-0.3, -0.25) is 19.3 Å². The van der Waals surface area contributed by atoms with E-state index in [1.165, 1.54) is 54.0 Å². The van der Waals surface area contributed by atoms with E-state index in [2.05, 4.69) is 10.3 Å². The average Bonchev–Trinajstić information content (AvgIpc) is 3.19. The van der Waals surface area contributed by atoms with Crippen molar-refractivity contribution >= 4 is 39.1 Å². The molecule has 2 aliphatic carbocycles. The van der Waals surface area contributed by atoms with Crippen molar-refractivity contribution in [2.45, 2.75) is 92.5 Å². The Morgan fingerprint density at radius 2 is 1.88 bits per heavy atom. The Labute approximate surface area is 331 Å². The van der Waals surface area contributed by atoms with Crippen molar-refractivity contribution in [2.75, 3.05) is 33.9 Å². The lowest BCUT2D eigenvalue weighted by molar-refractivity contribution is -0.280. The summed E-state index contributed by atoms with van der Waals surface area (Å²) in [7, 11) is 5.74. The molecule has 3 aromatic rings. The lowest BCUT2D eigenvalue weighted by atomic mass is 9.72. The number of benzene rings is 2. The summed E-state index contributed by atoms with van der Waals surface area (Å²) in [6.45, 7) is 4.67. The summed E-state index contributed by atoms with van der Waals surface area (Å²) in [6.07, 6.45) is -3.02. The van der Waals surface area contributed by atoms with Gasteiger partial charge in [-0.2, -0.15) is 0 Å². The molecule has 3 heterocycles. The summed E-state index contributed by atoms with van der Waals surface area (Å²) in [4.78, 5) is 48.2. The Bertz CT molecular complexity index is 1990. The van der Waals surface area contributed by atoms with E-state index in [1.54, 1.807) is 6.20 Å². The number of morpholine rings is 1. The number of fused-ring (bicyclic) bond motifs is 3. The predicted octanol–water partition coefficient (Wildman–Crippen LogP) is 3.47. The molecule has 0 bridgehead atoms. The second-order valence-electron chi connectivity index (χ2n) is 14.4. The van der Waals surface area contributed by atoms with E-state index in [0.717, 1.165) is 5.03 Å². The van der Waals surface area contributed by atoms with Crippen molar-refractivity contribution in [3.63, 3.8) is 0 Å². The van der Waals surface area contributed by atoms with E-state index in [-0.39, 0.29) is 58.4 Å². The van der Waals surface area contributed by atoms with Gasteiger partial charge in [0.1, 0.15) is 27.9 Å². The van der Waals surface area contributed by atoms with Crippen LogP contribution in [0.15, 0.2) is 47.6 Å². The third-order valence-corrected chi connectivity index (χ3v) is 13.5. The van der Waals surface area contributed by atoms with Gasteiger partial charge in [0.05, 0.1) is 42.6 Å². The molecule has 8 atom stereocenters. The van der Waals surface area contributed by atoms with Crippen LogP contribution in [0.3, 0.4) is 0 Å². The molecule has 0 spiro atoms. The maximum atomic E-state index is 14.1. The minimum absolute atomic E-state index is 0.0279. The molecule has 1 amide bonds. The van der Waals surface area contributed by atoms with E-state index >= 15 is 0 Å². The number of hydrogen-bond acceptors (Lipinski definition) is 16. The number of aromatic hydroxyl groups is 2. The van der Waals surface area contributed by atoms with Gasteiger partial charge < -0.3 is 49.4 Å². The number of aromatic nitrogens is 1. The minimum Gasteiger partial charge on any atom is -0.507 e. The normalized spacial score (nSPS) is 28.2. The molecule has 0 radical (unpaired) electrons. The number of carbonyl (C=O) groups is 3. The summed E-state index contributed by atoms with van der Waals surface area (Å²) in [5.74, 6) is -3.37. The van der Waals surface area contributed by atoms with Crippen molar-refractivity contribution < 1.29 is 58.5 Å². The average molecular weight is 812 g/mol. The second kappa shape index (κ2) is 16.6. The van der Waals surface area contributed by atoms with Gasteiger partial charge in [0.15, 0.2) is 24.6 Å². The number of nitrogens with one attached hydrogen (secondary N) is 1. The van der Waals surface area contributed by atoms with Crippen LogP contribution in [0.1, 0.15) is 82.2 Å². The third kappa shape index (κ3) is 7.64. The van der Waals surface area contributed by atoms with Gasteiger partial charge >= 0.3 is 0 Å². The fourth-order valence-electron chi connectivity index (χ4n) is 8.02. The van der Waals surface area contributed by atoms with Crippen LogP contribution in [-0.2, 0) is 30.2 Å². The number of aliphatic hydroxyl groups is 2. The van der Waals surface area contributed by atoms with Crippen LogP contribution in [0.25, 0.3) is 0 Å². The highest BCUT2D eigenvalue weighted by Crippen LogP contribution is 2.52. The van der Waals surface area contributed by atoms with E-state index in [9.17, 15) is 34.8 Å². The first-order chi connectivity index (χ1) is 26.8. The van der Waals surface area contributed by atoms with Gasteiger partial charge in [-0.1, -0.05) is 35.9 Å². The van der Waals surface area contributed by atoms with Crippen molar-refractivity contribution in [1.29, 1.82) is 0 Å². The van der Waals surface area contributed by atoms with Gasteiger partial charge in [-0.25, -0.2) is 4.98 Å². The molecule has 300 valence electrons. The Kier molecular flexibility index (Phi) is 12.0. The quantitative estimate of drug-likeness (QED) is 0.109. The minimum atomic E-state index is -2.19. The molecule has 5 N–H and O–H groups in total. The lowest BCUT2D eigenvalue weighted by Gasteiger charge is -2.46. The number of amides is 1. The van der Waals surface area contributed by atoms with E-state index < -0.39 is 83.5 Å². The van der Waals surface area contributed by atoms with Gasteiger partial charge in [0.25, 0.3) is 5.91 Å². The zero-order valence-electron chi connectivity index (χ0n) is 31.3. The number of methoxy groups -OCH3 is 2. The first-order valence-corrected chi connectivity index (χ1v) is 20.6. The third-order valence-electron chi connectivity index (χ3n) is 10.7. The summed E-state index contributed by atoms with van der Waals surface area (Å²) < 4.78 is 29.0. The van der Waals surface area contributed by atoms with E-state index in [0.29, 0.717) is 19.6 Å². The van der Waals surface area contributed by atoms with Crippen molar-refractivity contribution in [2.24, 2.45) is 0 Å². The molecule has 2 aromatic carbocycles. The topological polar surface area (TPSA) is 206 Å². The number of aliphatic hydroxyl groups excluding tert-OH is 1. The first kappa shape index (κ1) is 40.4. The van der Waals surface area contributed by atoms with Crippen LogP contribution in [-0.4, -0.2) is 124 Å². The number of hydrogen-bond donors (Lipinski definition) is 5. The number of pyridine rings is 1. The Morgan fingerprint density at radius 3 is 2.61 bits per heavy atom. The van der Waals surface area contributed by atoms with Crippen LogP contribution in [0.5, 0.6) is 17.2 Å². The van der Waals surface area contributed by atoms with E-state index in [4.69, 9.17) is 23.7 Å². The van der Waals surface area contributed by atoms with Crippen LogP contribution in [0.4, 0.5) is 0 Å². The Balaban J connectivity index is 1.22. The molecule has 2 fully saturated rings. The molecule has 2 saturated heterocycles. The van der Waals surface area contributed by atoms with Crippen LogP contribution in [0, 0.1) is 0 Å². The molecule has 0 saturated carbocycles. The fourth-order valence-corrected chi connectivity index (χ4v) is 9.96. The van der Waals surface area contributed by atoms with E-state index in [1.807, 2.05) is 36.9 Å². The maximum Gasteiger partial charge on any atom is 0.252 e. The van der Waals surface area contributed by atoms with Gasteiger partial charge in [-0.15, -0.1) is 0 Å². The van der Waals surface area contributed by atoms with Crippen LogP contribution < -0.4 is 10.1 Å². The maximum absolute atomic E-state index is 14.1. The smallest absolute Gasteiger partial charge is 0.252 e. The molecular weight excluding hydrogens is 767 g/mol. The van der Waals surface area contributed by atoms with Crippen LogP contribution >= 0.6 is 21.6 Å². The fraction of sp³-hybridized carbons (Fsp3) is 0.487. The number of nitrogens with zero attached hydrogens (tertiary/aromatic N) is 2. The Hall–Kier alpha value is -3.78. The molecular formula is C39H45N3O12S2.